The molecular weight excluding hydrogens is 370 g/mol. The number of rotatable bonds is 3. The summed E-state index contributed by atoms with van der Waals surface area (Å²) in [5, 5.41) is 3.77. The molecule has 0 spiro atoms. The zero-order chi connectivity index (χ0) is 20.3. The molecule has 0 atom stereocenters. The van der Waals surface area contributed by atoms with E-state index in [-0.39, 0.29) is 11.3 Å². The van der Waals surface area contributed by atoms with Gasteiger partial charge in [0.25, 0.3) is 11.8 Å². The Kier molecular flexibility index (Phi) is 3.61. The molecule has 2 amide bonds. The van der Waals surface area contributed by atoms with Crippen LogP contribution in [0, 0.1) is 6.92 Å². The number of amides is 2. The highest BCUT2D eigenvalue weighted by molar-refractivity contribution is 6.30. The molecule has 2 N–H and O–H groups in total. The summed E-state index contributed by atoms with van der Waals surface area (Å²) in [6.45, 7) is 1.98. The number of methoxy groups -OCH3 is 2. The van der Waals surface area contributed by atoms with Crippen LogP contribution in [0.2, 0.25) is 0 Å². The summed E-state index contributed by atoms with van der Waals surface area (Å²) < 4.78 is 10.9. The van der Waals surface area contributed by atoms with Gasteiger partial charge >= 0.3 is 0 Å². The fourth-order valence-electron chi connectivity index (χ4n) is 3.94. The van der Waals surface area contributed by atoms with Crippen molar-refractivity contribution in [3.05, 3.63) is 53.2 Å². The second-order valence-electron chi connectivity index (χ2n) is 6.91. The molecule has 4 aromatic rings. The van der Waals surface area contributed by atoms with Crippen LogP contribution in [0.3, 0.4) is 0 Å². The van der Waals surface area contributed by atoms with Crippen molar-refractivity contribution in [2.24, 2.45) is 0 Å². The Morgan fingerprint density at radius 2 is 1.66 bits per heavy atom. The quantitative estimate of drug-likeness (QED) is 0.524. The third-order valence-electron chi connectivity index (χ3n) is 5.32. The van der Waals surface area contributed by atoms with E-state index in [1.54, 1.807) is 14.2 Å². The monoisotopic (exact) mass is 387 g/mol. The van der Waals surface area contributed by atoms with E-state index in [1.807, 2.05) is 43.3 Å². The van der Waals surface area contributed by atoms with Crippen LogP contribution in [0.5, 0.6) is 11.5 Å². The summed E-state index contributed by atoms with van der Waals surface area (Å²) in [5.74, 6) is 0.161. The molecule has 29 heavy (non-hydrogen) atoms. The van der Waals surface area contributed by atoms with Crippen molar-refractivity contribution < 1.29 is 19.1 Å². The van der Waals surface area contributed by atoms with Crippen LogP contribution in [0.1, 0.15) is 26.4 Å². The maximum Gasteiger partial charge on any atom is 0.277 e. The van der Waals surface area contributed by atoms with E-state index >= 15 is 0 Å². The van der Waals surface area contributed by atoms with Crippen molar-refractivity contribution in [1.82, 2.24) is 15.3 Å². The van der Waals surface area contributed by atoms with E-state index in [0.29, 0.717) is 28.1 Å². The average Bonchev–Trinajstić information content (AvgIpc) is 3.23. The maximum atomic E-state index is 12.6. The third kappa shape index (κ3) is 2.34. The van der Waals surface area contributed by atoms with Gasteiger partial charge in [0, 0.05) is 22.4 Å². The topological polar surface area (TPSA) is 93.3 Å². The molecule has 144 valence electrons. The van der Waals surface area contributed by atoms with Crippen molar-refractivity contribution in [3.63, 3.8) is 0 Å². The lowest BCUT2D eigenvalue weighted by atomic mass is 9.99. The summed E-state index contributed by atoms with van der Waals surface area (Å²) in [4.78, 5) is 33.0. The lowest BCUT2D eigenvalue weighted by Gasteiger charge is -2.09. The van der Waals surface area contributed by atoms with Crippen molar-refractivity contribution >= 4 is 33.6 Å². The van der Waals surface area contributed by atoms with Crippen LogP contribution >= 0.6 is 0 Å². The average molecular weight is 387 g/mol. The first kappa shape index (κ1) is 17.2. The predicted octanol–water partition coefficient (Wildman–Crippen LogP) is 3.59. The van der Waals surface area contributed by atoms with Crippen LogP contribution in [-0.2, 0) is 0 Å². The highest BCUT2D eigenvalue weighted by Gasteiger charge is 2.34. The van der Waals surface area contributed by atoms with Gasteiger partial charge in [0.15, 0.2) is 11.5 Å². The van der Waals surface area contributed by atoms with E-state index < -0.39 is 11.8 Å². The minimum absolute atomic E-state index is 0.136. The molecule has 0 aliphatic carbocycles. The molecule has 7 heteroatoms. The van der Waals surface area contributed by atoms with Gasteiger partial charge in [-0.1, -0.05) is 24.3 Å². The molecule has 1 aliphatic heterocycles. The molecule has 5 rings (SSSR count). The number of carbonyl (C=O) groups excluding carboxylic acids is 2. The minimum Gasteiger partial charge on any atom is -0.493 e. The van der Waals surface area contributed by atoms with Crippen LogP contribution in [0.25, 0.3) is 33.1 Å². The first-order valence-electron chi connectivity index (χ1n) is 9.06. The number of H-pyrrole nitrogens is 1. The fourth-order valence-corrected chi connectivity index (χ4v) is 3.94. The number of benzene rings is 2. The summed E-state index contributed by atoms with van der Waals surface area (Å²) in [6.07, 6.45) is 0. The Bertz CT molecular complexity index is 1350. The number of imide groups is 1. The summed E-state index contributed by atoms with van der Waals surface area (Å²) >= 11 is 0. The number of fused-ring (bicyclic) bond motifs is 5. The second kappa shape index (κ2) is 6.07. The number of nitrogens with zero attached hydrogens (tertiary/aromatic N) is 1. The van der Waals surface area contributed by atoms with Crippen molar-refractivity contribution in [2.45, 2.75) is 6.92 Å². The smallest absolute Gasteiger partial charge is 0.277 e. The number of ether oxygens (including phenoxy) is 2. The van der Waals surface area contributed by atoms with E-state index in [4.69, 9.17) is 9.47 Å². The fraction of sp³-hybridized carbons (Fsp3) is 0.136. The van der Waals surface area contributed by atoms with Gasteiger partial charge in [-0.05, 0) is 18.6 Å². The molecule has 0 bridgehead atoms. The number of aromatic nitrogens is 2. The van der Waals surface area contributed by atoms with Crippen molar-refractivity contribution in [2.75, 3.05) is 14.2 Å². The van der Waals surface area contributed by atoms with Crippen molar-refractivity contribution in [1.29, 1.82) is 0 Å². The first-order chi connectivity index (χ1) is 14.0. The highest BCUT2D eigenvalue weighted by Crippen LogP contribution is 2.41. The molecule has 0 saturated carbocycles. The Morgan fingerprint density at radius 3 is 2.38 bits per heavy atom. The number of aromatic amines is 1. The number of hydrogen-bond acceptors (Lipinski definition) is 5. The van der Waals surface area contributed by atoms with E-state index in [1.165, 1.54) is 0 Å². The summed E-state index contributed by atoms with van der Waals surface area (Å²) in [6, 6.07) is 11.4. The van der Waals surface area contributed by atoms with Crippen molar-refractivity contribution in [3.8, 4) is 22.8 Å². The van der Waals surface area contributed by atoms with E-state index in [2.05, 4.69) is 15.3 Å². The second-order valence-corrected chi connectivity index (χ2v) is 6.91. The third-order valence-corrected chi connectivity index (χ3v) is 5.32. The van der Waals surface area contributed by atoms with Crippen LogP contribution in [-0.4, -0.2) is 36.0 Å². The number of carbonyl (C=O) groups is 2. The van der Waals surface area contributed by atoms with Gasteiger partial charge in [0.2, 0.25) is 0 Å². The molecule has 0 fully saturated rings. The molecule has 7 nitrogen and oxygen atoms in total. The molecule has 3 heterocycles. The standard InChI is InChI=1S/C22H17N3O4/c1-10-6-4-5-7-11(10)18-19-16(17-20(24-18)22(27)25-21(17)26)12-8-14(28-2)15(29-3)9-13(12)23-19/h4-9,23H,1-3H3,(H,25,26,27). The molecule has 1 aliphatic rings. The van der Waals surface area contributed by atoms with Crippen LogP contribution < -0.4 is 14.8 Å². The lowest BCUT2D eigenvalue weighted by molar-refractivity contribution is 0.0878. The van der Waals surface area contributed by atoms with Gasteiger partial charge in [0.1, 0.15) is 5.69 Å². The van der Waals surface area contributed by atoms with Gasteiger partial charge in [-0.2, -0.15) is 0 Å². The normalized spacial score (nSPS) is 13.1. The maximum absolute atomic E-state index is 12.6. The summed E-state index contributed by atoms with van der Waals surface area (Å²) in [5.41, 5.74) is 4.38. The zero-order valence-electron chi connectivity index (χ0n) is 16.0. The number of hydrogen-bond donors (Lipinski definition) is 2. The van der Waals surface area contributed by atoms with Gasteiger partial charge in [-0.3, -0.25) is 14.9 Å². The molecule has 2 aromatic carbocycles. The van der Waals surface area contributed by atoms with Gasteiger partial charge in [0.05, 0.1) is 36.5 Å². The van der Waals surface area contributed by atoms with Gasteiger partial charge in [-0.25, -0.2) is 4.98 Å². The van der Waals surface area contributed by atoms with E-state index in [9.17, 15) is 9.59 Å². The first-order valence-corrected chi connectivity index (χ1v) is 9.06. The Labute approximate surface area is 165 Å². The molecule has 0 saturated heterocycles. The SMILES string of the molecule is COc1cc2[nH]c3c(-c4ccccc4C)nc4c(c3c2cc1OC)C(=O)NC4=O. The predicted molar refractivity (Wildman–Crippen MR) is 109 cm³/mol. The summed E-state index contributed by atoms with van der Waals surface area (Å²) in [7, 11) is 3.12. The highest BCUT2D eigenvalue weighted by atomic mass is 16.5. The minimum atomic E-state index is -0.489. The Hall–Kier alpha value is -3.87. The van der Waals surface area contributed by atoms with E-state index in [0.717, 1.165) is 22.0 Å². The van der Waals surface area contributed by atoms with Crippen LogP contribution in [0.4, 0.5) is 0 Å². The number of nitrogens with one attached hydrogen (secondary N) is 2. The molecule has 2 aromatic heterocycles. The van der Waals surface area contributed by atoms with Gasteiger partial charge < -0.3 is 14.5 Å². The van der Waals surface area contributed by atoms with Gasteiger partial charge in [-0.15, -0.1) is 0 Å². The number of pyridine rings is 1. The number of aryl methyl sites for hydroxylation is 1. The molecule has 0 unspecified atom stereocenters. The largest absolute Gasteiger partial charge is 0.493 e. The van der Waals surface area contributed by atoms with Crippen LogP contribution in [0.15, 0.2) is 36.4 Å². The zero-order valence-corrected chi connectivity index (χ0v) is 16.0. The molecular formula is C22H17N3O4. The lowest BCUT2D eigenvalue weighted by Crippen LogP contribution is -2.20. The molecule has 0 radical (unpaired) electrons. The Balaban J connectivity index is 1.99. The Morgan fingerprint density at radius 1 is 0.931 bits per heavy atom.